The first kappa shape index (κ1) is 16.0. The molecule has 1 aromatic rings. The monoisotopic (exact) mass is 315 g/mol. The minimum absolute atomic E-state index is 0.00577. The summed E-state index contributed by atoms with van der Waals surface area (Å²) in [4.78, 5) is 26.6. The Morgan fingerprint density at radius 1 is 1.13 bits per heavy atom. The van der Waals surface area contributed by atoms with Crippen LogP contribution in [0.5, 0.6) is 0 Å². The van der Waals surface area contributed by atoms with Gasteiger partial charge in [-0.2, -0.15) is 0 Å². The molecular weight excluding hydrogens is 290 g/mol. The molecule has 2 N–H and O–H groups in total. The summed E-state index contributed by atoms with van der Waals surface area (Å²) in [6.07, 6.45) is 5.28. The van der Waals surface area contributed by atoms with Crippen molar-refractivity contribution in [1.29, 1.82) is 0 Å². The number of amides is 2. The van der Waals surface area contributed by atoms with E-state index in [9.17, 15) is 9.59 Å². The zero-order chi connectivity index (χ0) is 16.2. The standard InChI is InChI=1S/C18H25N3O2/c1-13-5-2-3-12-21(13)18(23)14-7-9-15(10-8-14)20-17(22)16-6-4-11-19-16/h7-10,13,16,19H,2-6,11-12H2,1H3,(H,20,22). The van der Waals surface area contributed by atoms with E-state index in [1.54, 1.807) is 12.1 Å². The lowest BCUT2D eigenvalue weighted by molar-refractivity contribution is -0.117. The molecule has 2 aliphatic rings. The highest BCUT2D eigenvalue weighted by Gasteiger charge is 2.24. The first-order chi connectivity index (χ1) is 11.1. The normalized spacial score (nSPS) is 24.5. The molecule has 2 atom stereocenters. The first-order valence-corrected chi connectivity index (χ1v) is 8.60. The number of carbonyl (C=O) groups excluding carboxylic acids is 2. The van der Waals surface area contributed by atoms with Crippen molar-refractivity contribution in [3.8, 4) is 0 Å². The Kier molecular flexibility index (Phi) is 4.96. The Labute approximate surface area is 137 Å². The fourth-order valence-corrected chi connectivity index (χ4v) is 3.40. The highest BCUT2D eigenvalue weighted by Crippen LogP contribution is 2.20. The van der Waals surface area contributed by atoms with Gasteiger partial charge in [-0.05, 0) is 69.8 Å². The second-order valence-electron chi connectivity index (χ2n) is 6.56. The van der Waals surface area contributed by atoms with Crippen molar-refractivity contribution in [2.75, 3.05) is 18.4 Å². The summed E-state index contributed by atoms with van der Waals surface area (Å²) in [6, 6.07) is 7.46. The quantitative estimate of drug-likeness (QED) is 0.900. The molecule has 0 aliphatic carbocycles. The third-order valence-electron chi connectivity index (χ3n) is 4.84. The van der Waals surface area contributed by atoms with Gasteiger partial charge in [0.2, 0.25) is 5.91 Å². The molecule has 2 amide bonds. The minimum atomic E-state index is -0.0921. The number of benzene rings is 1. The average Bonchev–Trinajstić information content (AvgIpc) is 3.10. The van der Waals surface area contributed by atoms with Gasteiger partial charge in [0.05, 0.1) is 6.04 Å². The molecule has 0 radical (unpaired) electrons. The molecule has 5 nitrogen and oxygen atoms in total. The summed E-state index contributed by atoms with van der Waals surface area (Å²) in [5.41, 5.74) is 1.43. The maximum absolute atomic E-state index is 12.6. The van der Waals surface area contributed by atoms with Gasteiger partial charge in [0.25, 0.3) is 5.91 Å². The Morgan fingerprint density at radius 2 is 1.91 bits per heavy atom. The van der Waals surface area contributed by atoms with E-state index in [4.69, 9.17) is 0 Å². The Morgan fingerprint density at radius 3 is 2.57 bits per heavy atom. The molecule has 2 unspecified atom stereocenters. The number of anilines is 1. The zero-order valence-electron chi connectivity index (χ0n) is 13.7. The van der Waals surface area contributed by atoms with E-state index in [1.165, 1.54) is 6.42 Å². The number of rotatable bonds is 3. The number of nitrogens with one attached hydrogen (secondary N) is 2. The van der Waals surface area contributed by atoms with Crippen molar-refractivity contribution in [2.24, 2.45) is 0 Å². The van der Waals surface area contributed by atoms with Crippen LogP contribution >= 0.6 is 0 Å². The van der Waals surface area contributed by atoms with Crippen LogP contribution in [0.3, 0.4) is 0 Å². The number of likely N-dealkylation sites (tertiary alicyclic amines) is 1. The van der Waals surface area contributed by atoms with Crippen LogP contribution in [0.25, 0.3) is 0 Å². The van der Waals surface area contributed by atoms with Crippen LogP contribution in [0.4, 0.5) is 5.69 Å². The second kappa shape index (κ2) is 7.13. The molecule has 3 rings (SSSR count). The molecule has 0 aromatic heterocycles. The molecule has 0 saturated carbocycles. The fraction of sp³-hybridized carbons (Fsp3) is 0.556. The van der Waals surface area contributed by atoms with Crippen LogP contribution in [0.2, 0.25) is 0 Å². The van der Waals surface area contributed by atoms with Gasteiger partial charge in [0, 0.05) is 23.8 Å². The molecule has 2 saturated heterocycles. The maximum atomic E-state index is 12.6. The number of hydrogen-bond acceptors (Lipinski definition) is 3. The van der Waals surface area contributed by atoms with Gasteiger partial charge in [-0.15, -0.1) is 0 Å². The van der Waals surface area contributed by atoms with Crippen molar-refractivity contribution in [1.82, 2.24) is 10.2 Å². The van der Waals surface area contributed by atoms with E-state index < -0.39 is 0 Å². The van der Waals surface area contributed by atoms with E-state index >= 15 is 0 Å². The highest BCUT2D eigenvalue weighted by atomic mass is 16.2. The predicted octanol–water partition coefficient (Wildman–Crippen LogP) is 2.39. The molecule has 5 heteroatoms. The van der Waals surface area contributed by atoms with Gasteiger partial charge in [0.1, 0.15) is 0 Å². The molecule has 2 aliphatic heterocycles. The van der Waals surface area contributed by atoms with E-state index in [2.05, 4.69) is 17.6 Å². The molecule has 2 heterocycles. The van der Waals surface area contributed by atoms with Crippen LogP contribution in [0, 0.1) is 0 Å². The number of carbonyl (C=O) groups is 2. The summed E-state index contributed by atoms with van der Waals surface area (Å²) in [5, 5.41) is 6.09. The SMILES string of the molecule is CC1CCCCN1C(=O)c1ccc(NC(=O)C2CCCN2)cc1. The van der Waals surface area contributed by atoms with Gasteiger partial charge in [-0.3, -0.25) is 9.59 Å². The van der Waals surface area contributed by atoms with Crippen molar-refractivity contribution < 1.29 is 9.59 Å². The van der Waals surface area contributed by atoms with Crippen molar-refractivity contribution in [3.05, 3.63) is 29.8 Å². The smallest absolute Gasteiger partial charge is 0.254 e. The largest absolute Gasteiger partial charge is 0.336 e. The second-order valence-corrected chi connectivity index (χ2v) is 6.56. The third-order valence-corrected chi connectivity index (χ3v) is 4.84. The lowest BCUT2D eigenvalue weighted by Crippen LogP contribution is -2.42. The average molecular weight is 315 g/mol. The number of nitrogens with zero attached hydrogens (tertiary/aromatic N) is 1. The Bertz CT molecular complexity index is 564. The highest BCUT2D eigenvalue weighted by molar-refractivity contribution is 5.97. The summed E-state index contributed by atoms with van der Waals surface area (Å²) < 4.78 is 0. The minimum Gasteiger partial charge on any atom is -0.336 e. The lowest BCUT2D eigenvalue weighted by atomic mass is 10.0. The topological polar surface area (TPSA) is 61.4 Å². The summed E-state index contributed by atoms with van der Waals surface area (Å²) >= 11 is 0. The molecule has 2 fully saturated rings. The summed E-state index contributed by atoms with van der Waals surface area (Å²) in [6.45, 7) is 3.85. The van der Waals surface area contributed by atoms with Crippen molar-refractivity contribution in [3.63, 3.8) is 0 Å². The van der Waals surface area contributed by atoms with Gasteiger partial charge in [0.15, 0.2) is 0 Å². The molecular formula is C18H25N3O2. The van der Waals surface area contributed by atoms with Crippen LogP contribution in [0.15, 0.2) is 24.3 Å². The van der Waals surface area contributed by atoms with Crippen LogP contribution in [0.1, 0.15) is 49.4 Å². The summed E-state index contributed by atoms with van der Waals surface area (Å²) in [7, 11) is 0. The fourth-order valence-electron chi connectivity index (χ4n) is 3.40. The Hall–Kier alpha value is -1.88. The third kappa shape index (κ3) is 3.72. The van der Waals surface area contributed by atoms with Crippen LogP contribution < -0.4 is 10.6 Å². The summed E-state index contributed by atoms with van der Waals surface area (Å²) in [5.74, 6) is 0.0961. The number of piperidine rings is 1. The van der Waals surface area contributed by atoms with Crippen LogP contribution in [-0.4, -0.2) is 41.9 Å². The first-order valence-electron chi connectivity index (χ1n) is 8.60. The molecule has 124 valence electrons. The van der Waals surface area contributed by atoms with Gasteiger partial charge >= 0.3 is 0 Å². The lowest BCUT2D eigenvalue weighted by Gasteiger charge is -2.33. The molecule has 0 spiro atoms. The molecule has 0 bridgehead atoms. The van der Waals surface area contributed by atoms with Gasteiger partial charge in [-0.25, -0.2) is 0 Å². The van der Waals surface area contributed by atoms with E-state index in [-0.39, 0.29) is 17.9 Å². The van der Waals surface area contributed by atoms with Crippen LogP contribution in [-0.2, 0) is 4.79 Å². The van der Waals surface area contributed by atoms with E-state index in [1.807, 2.05) is 17.0 Å². The molecule has 23 heavy (non-hydrogen) atoms. The van der Waals surface area contributed by atoms with E-state index in [0.717, 1.165) is 44.5 Å². The van der Waals surface area contributed by atoms with Crippen molar-refractivity contribution >= 4 is 17.5 Å². The van der Waals surface area contributed by atoms with Gasteiger partial charge in [-0.1, -0.05) is 0 Å². The molecule has 1 aromatic carbocycles. The zero-order valence-corrected chi connectivity index (χ0v) is 13.7. The Balaban J connectivity index is 1.62. The maximum Gasteiger partial charge on any atom is 0.254 e. The van der Waals surface area contributed by atoms with E-state index in [0.29, 0.717) is 11.6 Å². The van der Waals surface area contributed by atoms with Crippen molar-refractivity contribution in [2.45, 2.75) is 51.1 Å². The predicted molar refractivity (Wildman–Crippen MR) is 90.4 cm³/mol. The number of hydrogen-bond donors (Lipinski definition) is 2. The van der Waals surface area contributed by atoms with Gasteiger partial charge < -0.3 is 15.5 Å².